The molecule has 1 unspecified atom stereocenters. The minimum Gasteiger partial charge on any atom is -0.496 e. The second-order valence-corrected chi connectivity index (χ2v) is 5.65. The Hall–Kier alpha value is -2.34. The first-order valence-electron chi connectivity index (χ1n) is 7.55. The molecule has 1 aromatic carbocycles. The van der Waals surface area contributed by atoms with Gasteiger partial charge >= 0.3 is 0 Å². The number of anilines is 1. The number of hydrogen-bond acceptors (Lipinski definition) is 5. The van der Waals surface area contributed by atoms with Gasteiger partial charge in [-0.05, 0) is 38.9 Å². The lowest BCUT2D eigenvalue weighted by Gasteiger charge is -2.24. The van der Waals surface area contributed by atoms with Gasteiger partial charge in [-0.1, -0.05) is 23.4 Å². The quantitative estimate of drug-likeness (QED) is 0.850. The highest BCUT2D eigenvalue weighted by Gasteiger charge is 2.16. The number of rotatable bonds is 7. The van der Waals surface area contributed by atoms with Crippen molar-refractivity contribution in [3.05, 3.63) is 41.7 Å². The lowest BCUT2D eigenvalue weighted by molar-refractivity contribution is -0.117. The molecule has 23 heavy (non-hydrogen) atoms. The summed E-state index contributed by atoms with van der Waals surface area (Å²) < 4.78 is 10.3. The van der Waals surface area contributed by atoms with Gasteiger partial charge < -0.3 is 14.6 Å². The lowest BCUT2D eigenvalue weighted by atomic mass is 10.1. The molecule has 1 heterocycles. The Kier molecular flexibility index (Phi) is 5.76. The van der Waals surface area contributed by atoms with Gasteiger partial charge in [-0.2, -0.15) is 0 Å². The third-order valence-electron chi connectivity index (χ3n) is 3.75. The Bertz CT molecular complexity index is 654. The normalized spacial score (nSPS) is 12.2. The number of nitrogens with one attached hydrogen (secondary N) is 1. The topological polar surface area (TPSA) is 67.6 Å². The number of carbonyl (C=O) groups excluding carboxylic acids is 1. The number of aromatic nitrogens is 1. The van der Waals surface area contributed by atoms with Crippen LogP contribution in [0.15, 0.2) is 34.9 Å². The van der Waals surface area contributed by atoms with Gasteiger partial charge in [0.15, 0.2) is 5.82 Å². The number of carbonyl (C=O) groups is 1. The van der Waals surface area contributed by atoms with Crippen molar-refractivity contribution in [2.75, 3.05) is 26.0 Å². The van der Waals surface area contributed by atoms with Gasteiger partial charge in [-0.25, -0.2) is 0 Å². The van der Waals surface area contributed by atoms with E-state index in [0.717, 1.165) is 17.7 Å². The molecule has 1 N–H and O–H groups in total. The van der Waals surface area contributed by atoms with Crippen LogP contribution < -0.4 is 10.1 Å². The Morgan fingerprint density at radius 3 is 2.83 bits per heavy atom. The van der Waals surface area contributed by atoms with Crippen molar-refractivity contribution in [2.24, 2.45) is 0 Å². The van der Waals surface area contributed by atoms with E-state index in [0.29, 0.717) is 11.6 Å². The highest BCUT2D eigenvalue weighted by atomic mass is 16.5. The second-order valence-electron chi connectivity index (χ2n) is 5.65. The predicted octanol–water partition coefficient (Wildman–Crippen LogP) is 2.49. The van der Waals surface area contributed by atoms with Crippen molar-refractivity contribution >= 4 is 11.7 Å². The average Bonchev–Trinajstić information content (AvgIpc) is 2.92. The predicted molar refractivity (Wildman–Crippen MR) is 88.7 cm³/mol. The molecule has 0 saturated heterocycles. The third-order valence-corrected chi connectivity index (χ3v) is 3.75. The number of methoxy groups -OCH3 is 1. The summed E-state index contributed by atoms with van der Waals surface area (Å²) in [6.07, 6.45) is 0.802. The maximum atomic E-state index is 12.1. The zero-order valence-electron chi connectivity index (χ0n) is 14.0. The highest BCUT2D eigenvalue weighted by Crippen LogP contribution is 2.20. The molecule has 0 saturated carbocycles. The van der Waals surface area contributed by atoms with E-state index in [9.17, 15) is 4.79 Å². The molecule has 0 aliphatic heterocycles. The third kappa shape index (κ3) is 4.82. The number of likely N-dealkylation sites (N-methyl/N-ethyl adjacent to an activating group) is 1. The van der Waals surface area contributed by atoms with Crippen LogP contribution in [0.3, 0.4) is 0 Å². The van der Waals surface area contributed by atoms with Gasteiger partial charge in [0.25, 0.3) is 0 Å². The summed E-state index contributed by atoms with van der Waals surface area (Å²) in [6.45, 7) is 4.15. The smallest absolute Gasteiger partial charge is 0.239 e. The summed E-state index contributed by atoms with van der Waals surface area (Å²) in [6, 6.07) is 9.81. The number of hydrogen-bond donors (Lipinski definition) is 1. The molecule has 2 rings (SSSR count). The fourth-order valence-electron chi connectivity index (χ4n) is 2.34. The standard InChI is InChI=1S/C17H23N3O3/c1-12(9-14-7-5-6-8-15(14)22-4)20(3)11-17(21)18-16-10-13(2)23-19-16/h5-8,10,12H,9,11H2,1-4H3,(H,18,19,21). The van der Waals surface area contributed by atoms with Crippen molar-refractivity contribution in [2.45, 2.75) is 26.3 Å². The molecule has 0 radical (unpaired) electrons. The van der Waals surface area contributed by atoms with E-state index in [1.807, 2.05) is 36.2 Å². The second kappa shape index (κ2) is 7.78. The van der Waals surface area contributed by atoms with Gasteiger partial charge in [0, 0.05) is 12.1 Å². The molecule has 6 nitrogen and oxygen atoms in total. The molecule has 1 amide bonds. The molecule has 6 heteroatoms. The molecule has 0 spiro atoms. The number of amides is 1. The Labute approximate surface area is 136 Å². The zero-order chi connectivity index (χ0) is 16.8. The van der Waals surface area contributed by atoms with Crippen molar-refractivity contribution in [3.8, 4) is 5.75 Å². The first kappa shape index (κ1) is 17.0. The molecule has 1 atom stereocenters. The van der Waals surface area contributed by atoms with Crippen LogP contribution in [0, 0.1) is 6.92 Å². The molecule has 124 valence electrons. The van der Waals surface area contributed by atoms with Crippen molar-refractivity contribution in [1.82, 2.24) is 10.1 Å². The number of ether oxygens (including phenoxy) is 1. The van der Waals surface area contributed by atoms with E-state index in [4.69, 9.17) is 9.26 Å². The van der Waals surface area contributed by atoms with Gasteiger partial charge in [-0.15, -0.1) is 0 Å². The minimum absolute atomic E-state index is 0.118. The summed E-state index contributed by atoms with van der Waals surface area (Å²) in [7, 11) is 3.59. The van der Waals surface area contributed by atoms with Crippen LogP contribution in [-0.4, -0.2) is 42.7 Å². The van der Waals surface area contributed by atoms with Crippen LogP contribution in [0.4, 0.5) is 5.82 Å². The number of aryl methyl sites for hydroxylation is 1. The Morgan fingerprint density at radius 1 is 1.43 bits per heavy atom. The SMILES string of the molecule is COc1ccccc1CC(C)N(C)CC(=O)Nc1cc(C)on1. The maximum Gasteiger partial charge on any atom is 0.239 e. The number of nitrogens with zero attached hydrogens (tertiary/aromatic N) is 2. The van der Waals surface area contributed by atoms with Crippen LogP contribution >= 0.6 is 0 Å². The van der Waals surface area contributed by atoms with Crippen LogP contribution in [0.2, 0.25) is 0 Å². The first-order valence-corrected chi connectivity index (χ1v) is 7.55. The molecule has 0 aliphatic rings. The van der Waals surface area contributed by atoms with Crippen molar-refractivity contribution in [3.63, 3.8) is 0 Å². The molecular weight excluding hydrogens is 294 g/mol. The van der Waals surface area contributed by atoms with E-state index in [2.05, 4.69) is 17.4 Å². The van der Waals surface area contributed by atoms with E-state index in [1.54, 1.807) is 20.1 Å². The molecular formula is C17H23N3O3. The lowest BCUT2D eigenvalue weighted by Crippen LogP contribution is -2.37. The Balaban J connectivity index is 1.89. The largest absolute Gasteiger partial charge is 0.496 e. The Morgan fingerprint density at radius 2 is 2.17 bits per heavy atom. The van der Waals surface area contributed by atoms with Gasteiger partial charge in [0.05, 0.1) is 13.7 Å². The summed E-state index contributed by atoms with van der Waals surface area (Å²) in [5, 5.41) is 6.48. The van der Waals surface area contributed by atoms with Crippen molar-refractivity contribution in [1.29, 1.82) is 0 Å². The summed E-state index contributed by atoms with van der Waals surface area (Å²) >= 11 is 0. The monoisotopic (exact) mass is 317 g/mol. The summed E-state index contributed by atoms with van der Waals surface area (Å²) in [5.41, 5.74) is 1.13. The van der Waals surface area contributed by atoms with E-state index < -0.39 is 0 Å². The zero-order valence-corrected chi connectivity index (χ0v) is 14.0. The van der Waals surface area contributed by atoms with E-state index in [-0.39, 0.29) is 18.5 Å². The highest BCUT2D eigenvalue weighted by molar-refractivity contribution is 5.91. The van der Waals surface area contributed by atoms with Crippen LogP contribution in [-0.2, 0) is 11.2 Å². The van der Waals surface area contributed by atoms with Crippen LogP contribution in [0.1, 0.15) is 18.2 Å². The van der Waals surface area contributed by atoms with Crippen LogP contribution in [0.5, 0.6) is 5.75 Å². The van der Waals surface area contributed by atoms with Gasteiger partial charge in [0.2, 0.25) is 5.91 Å². The molecule has 2 aromatic rings. The van der Waals surface area contributed by atoms with Gasteiger partial charge in [-0.3, -0.25) is 9.69 Å². The molecule has 0 bridgehead atoms. The summed E-state index contributed by atoms with van der Waals surface area (Å²) in [4.78, 5) is 14.0. The molecule has 0 aliphatic carbocycles. The fourth-order valence-corrected chi connectivity index (χ4v) is 2.34. The molecule has 0 fully saturated rings. The maximum absolute atomic E-state index is 12.1. The first-order chi connectivity index (χ1) is 11.0. The number of benzene rings is 1. The van der Waals surface area contributed by atoms with Crippen LogP contribution in [0.25, 0.3) is 0 Å². The number of para-hydroxylation sites is 1. The summed E-state index contributed by atoms with van der Waals surface area (Å²) in [5.74, 6) is 1.86. The fraction of sp³-hybridized carbons (Fsp3) is 0.412. The van der Waals surface area contributed by atoms with Gasteiger partial charge in [0.1, 0.15) is 11.5 Å². The minimum atomic E-state index is -0.118. The average molecular weight is 317 g/mol. The van der Waals surface area contributed by atoms with E-state index in [1.165, 1.54) is 0 Å². The molecule has 1 aromatic heterocycles. The van der Waals surface area contributed by atoms with E-state index >= 15 is 0 Å². The van der Waals surface area contributed by atoms with Crippen molar-refractivity contribution < 1.29 is 14.1 Å².